The molecule has 1 aliphatic carbocycles. The van der Waals surface area contributed by atoms with Crippen molar-refractivity contribution in [2.45, 2.75) is 57.5 Å². The molecule has 0 radical (unpaired) electrons. The van der Waals surface area contributed by atoms with Crippen LogP contribution in [0.4, 0.5) is 0 Å². The van der Waals surface area contributed by atoms with Gasteiger partial charge in [0.2, 0.25) is 5.91 Å². The molecular formula is C14H24N2O3. The summed E-state index contributed by atoms with van der Waals surface area (Å²) >= 11 is 0. The zero-order valence-electron chi connectivity index (χ0n) is 11.6. The molecule has 2 N–H and O–H groups in total. The van der Waals surface area contributed by atoms with Crippen molar-refractivity contribution in [2.75, 3.05) is 13.1 Å². The third kappa shape index (κ3) is 3.47. The zero-order chi connectivity index (χ0) is 13.8. The molecule has 1 aliphatic heterocycles. The monoisotopic (exact) mass is 268 g/mol. The largest absolute Gasteiger partial charge is 0.480 e. The Morgan fingerprint density at radius 2 is 1.89 bits per heavy atom. The Hall–Kier alpha value is -1.10. The predicted molar refractivity (Wildman–Crippen MR) is 71.8 cm³/mol. The molecule has 2 atom stereocenters. The second kappa shape index (κ2) is 6.37. The van der Waals surface area contributed by atoms with Crippen molar-refractivity contribution in [1.29, 1.82) is 0 Å². The Labute approximate surface area is 114 Å². The number of piperidine rings is 1. The maximum absolute atomic E-state index is 12.2. The number of carbonyl (C=O) groups is 2. The van der Waals surface area contributed by atoms with E-state index in [1.807, 2.05) is 6.92 Å². The predicted octanol–water partition coefficient (Wildman–Crippen LogP) is 1.23. The van der Waals surface area contributed by atoms with Crippen molar-refractivity contribution in [3.05, 3.63) is 0 Å². The second-order valence-corrected chi connectivity index (χ2v) is 5.85. The Balaban J connectivity index is 1.89. The zero-order valence-corrected chi connectivity index (χ0v) is 11.6. The molecule has 19 heavy (non-hydrogen) atoms. The van der Waals surface area contributed by atoms with E-state index in [1.165, 1.54) is 12.8 Å². The first-order valence-corrected chi connectivity index (χ1v) is 7.35. The fourth-order valence-electron chi connectivity index (χ4n) is 3.31. The average molecular weight is 268 g/mol. The summed E-state index contributed by atoms with van der Waals surface area (Å²) in [6, 6.07) is -0.207. The molecule has 1 amide bonds. The van der Waals surface area contributed by atoms with Gasteiger partial charge in [-0.15, -0.1) is 0 Å². The molecule has 5 heteroatoms. The van der Waals surface area contributed by atoms with Gasteiger partial charge in [-0.25, -0.2) is 4.79 Å². The number of carboxylic acids is 1. The summed E-state index contributed by atoms with van der Waals surface area (Å²) in [4.78, 5) is 25.1. The standard InChI is InChI=1S/C14H24N2O3/c1-10-5-4-8-16(13(10)14(18)19)12(17)9-15-11-6-2-3-7-11/h10-11,13,15H,2-9H2,1H3,(H,18,19). The molecule has 5 nitrogen and oxygen atoms in total. The average Bonchev–Trinajstić information content (AvgIpc) is 2.88. The molecule has 1 saturated heterocycles. The van der Waals surface area contributed by atoms with Crippen LogP contribution in [0.3, 0.4) is 0 Å². The van der Waals surface area contributed by atoms with Gasteiger partial charge in [0.1, 0.15) is 6.04 Å². The van der Waals surface area contributed by atoms with E-state index < -0.39 is 12.0 Å². The summed E-state index contributed by atoms with van der Waals surface area (Å²) < 4.78 is 0. The van der Waals surface area contributed by atoms with Gasteiger partial charge in [0, 0.05) is 12.6 Å². The molecule has 1 saturated carbocycles. The summed E-state index contributed by atoms with van der Waals surface area (Å²) in [7, 11) is 0. The van der Waals surface area contributed by atoms with E-state index in [2.05, 4.69) is 5.32 Å². The third-order valence-corrected chi connectivity index (χ3v) is 4.40. The first-order chi connectivity index (χ1) is 9.09. The summed E-state index contributed by atoms with van der Waals surface area (Å²) in [6.07, 6.45) is 6.50. The minimum Gasteiger partial charge on any atom is -0.480 e. The maximum atomic E-state index is 12.2. The Morgan fingerprint density at radius 3 is 2.53 bits per heavy atom. The highest BCUT2D eigenvalue weighted by Crippen LogP contribution is 2.24. The molecule has 2 aliphatic rings. The topological polar surface area (TPSA) is 69.6 Å². The highest BCUT2D eigenvalue weighted by Gasteiger charge is 2.36. The van der Waals surface area contributed by atoms with Gasteiger partial charge in [-0.05, 0) is 31.6 Å². The molecule has 0 aromatic heterocycles. The van der Waals surface area contributed by atoms with Crippen molar-refractivity contribution in [3.63, 3.8) is 0 Å². The van der Waals surface area contributed by atoms with Crippen LogP contribution in [0.5, 0.6) is 0 Å². The van der Waals surface area contributed by atoms with Gasteiger partial charge in [-0.3, -0.25) is 4.79 Å². The van der Waals surface area contributed by atoms with Crippen LogP contribution < -0.4 is 5.32 Å². The van der Waals surface area contributed by atoms with E-state index in [0.29, 0.717) is 12.6 Å². The molecule has 2 fully saturated rings. The number of nitrogens with zero attached hydrogens (tertiary/aromatic N) is 1. The van der Waals surface area contributed by atoms with E-state index in [0.717, 1.165) is 25.7 Å². The molecule has 108 valence electrons. The quantitative estimate of drug-likeness (QED) is 0.804. The fourth-order valence-corrected chi connectivity index (χ4v) is 3.31. The number of likely N-dealkylation sites (tertiary alicyclic amines) is 1. The van der Waals surface area contributed by atoms with E-state index in [-0.39, 0.29) is 18.4 Å². The number of aliphatic carboxylic acids is 1. The Bertz CT molecular complexity index is 340. The van der Waals surface area contributed by atoms with Gasteiger partial charge in [-0.1, -0.05) is 19.8 Å². The van der Waals surface area contributed by atoms with Crippen LogP contribution in [0.2, 0.25) is 0 Å². The van der Waals surface area contributed by atoms with Crippen molar-refractivity contribution >= 4 is 11.9 Å². The number of amides is 1. The van der Waals surface area contributed by atoms with Crippen LogP contribution in [0.25, 0.3) is 0 Å². The third-order valence-electron chi connectivity index (χ3n) is 4.40. The summed E-state index contributed by atoms with van der Waals surface area (Å²) in [6.45, 7) is 2.77. The summed E-state index contributed by atoms with van der Waals surface area (Å²) in [5, 5.41) is 12.6. The Morgan fingerprint density at radius 1 is 1.21 bits per heavy atom. The highest BCUT2D eigenvalue weighted by molar-refractivity contribution is 5.85. The van der Waals surface area contributed by atoms with Gasteiger partial charge in [0.15, 0.2) is 0 Å². The lowest BCUT2D eigenvalue weighted by molar-refractivity contribution is -0.154. The number of hydrogen-bond acceptors (Lipinski definition) is 3. The molecule has 0 aromatic rings. The van der Waals surface area contributed by atoms with Gasteiger partial charge < -0.3 is 15.3 Å². The van der Waals surface area contributed by atoms with E-state index >= 15 is 0 Å². The van der Waals surface area contributed by atoms with Crippen molar-refractivity contribution < 1.29 is 14.7 Å². The Kier molecular flexibility index (Phi) is 4.80. The normalized spacial score (nSPS) is 28.6. The van der Waals surface area contributed by atoms with E-state index in [1.54, 1.807) is 4.90 Å². The smallest absolute Gasteiger partial charge is 0.326 e. The van der Waals surface area contributed by atoms with Crippen molar-refractivity contribution in [2.24, 2.45) is 5.92 Å². The first kappa shape index (κ1) is 14.3. The second-order valence-electron chi connectivity index (χ2n) is 5.85. The number of carbonyl (C=O) groups excluding carboxylic acids is 1. The number of nitrogens with one attached hydrogen (secondary N) is 1. The van der Waals surface area contributed by atoms with Gasteiger partial charge in [0.05, 0.1) is 6.54 Å². The summed E-state index contributed by atoms with van der Waals surface area (Å²) in [5.74, 6) is -0.894. The number of hydrogen-bond donors (Lipinski definition) is 2. The molecule has 2 rings (SSSR count). The maximum Gasteiger partial charge on any atom is 0.326 e. The van der Waals surface area contributed by atoms with Crippen molar-refractivity contribution in [1.82, 2.24) is 10.2 Å². The lowest BCUT2D eigenvalue weighted by atomic mass is 9.90. The lowest BCUT2D eigenvalue weighted by Crippen LogP contribution is -2.54. The minimum atomic E-state index is -0.874. The molecule has 0 aromatic carbocycles. The molecular weight excluding hydrogens is 244 g/mol. The van der Waals surface area contributed by atoms with E-state index in [9.17, 15) is 14.7 Å². The van der Waals surface area contributed by atoms with Crippen LogP contribution >= 0.6 is 0 Å². The molecule has 0 spiro atoms. The van der Waals surface area contributed by atoms with Crippen LogP contribution in [0, 0.1) is 5.92 Å². The van der Waals surface area contributed by atoms with Gasteiger partial charge in [0.25, 0.3) is 0 Å². The van der Waals surface area contributed by atoms with Crippen LogP contribution in [-0.4, -0.2) is 47.1 Å². The van der Waals surface area contributed by atoms with Crippen LogP contribution in [0.15, 0.2) is 0 Å². The first-order valence-electron chi connectivity index (χ1n) is 7.35. The van der Waals surface area contributed by atoms with Gasteiger partial charge in [-0.2, -0.15) is 0 Å². The fraction of sp³-hybridized carbons (Fsp3) is 0.857. The lowest BCUT2D eigenvalue weighted by Gasteiger charge is -2.37. The van der Waals surface area contributed by atoms with Crippen LogP contribution in [-0.2, 0) is 9.59 Å². The van der Waals surface area contributed by atoms with E-state index in [4.69, 9.17) is 0 Å². The summed E-state index contributed by atoms with van der Waals surface area (Å²) in [5.41, 5.74) is 0. The molecule has 2 unspecified atom stereocenters. The highest BCUT2D eigenvalue weighted by atomic mass is 16.4. The SMILES string of the molecule is CC1CCCN(C(=O)CNC2CCCC2)C1C(=O)O. The van der Waals surface area contributed by atoms with Crippen molar-refractivity contribution in [3.8, 4) is 0 Å². The van der Waals surface area contributed by atoms with Gasteiger partial charge >= 0.3 is 5.97 Å². The molecule has 0 bridgehead atoms. The molecule has 1 heterocycles. The number of rotatable bonds is 4. The van der Waals surface area contributed by atoms with Crippen LogP contribution in [0.1, 0.15) is 45.4 Å². The minimum absolute atomic E-state index is 0.0432. The number of carboxylic acid groups (broad SMARTS) is 1.